The van der Waals surface area contributed by atoms with E-state index in [1.165, 1.54) is 12.0 Å². The molecule has 0 spiro atoms. The highest BCUT2D eigenvalue weighted by molar-refractivity contribution is 7.80. The molecule has 1 aromatic carbocycles. The van der Waals surface area contributed by atoms with E-state index in [9.17, 15) is 0 Å². The molecule has 0 aromatic heterocycles. The number of benzene rings is 1. The topological polar surface area (TPSA) is 21.3 Å². The highest BCUT2D eigenvalue weighted by atomic mass is 32.1. The zero-order chi connectivity index (χ0) is 13.4. The van der Waals surface area contributed by atoms with Crippen LogP contribution in [0.1, 0.15) is 39.2 Å². The molecule has 2 nitrogen and oxygen atoms in total. The highest BCUT2D eigenvalue weighted by Gasteiger charge is 2.07. The Morgan fingerprint density at radius 2 is 1.83 bits per heavy atom. The lowest BCUT2D eigenvalue weighted by molar-refractivity contribution is 0.185. The van der Waals surface area contributed by atoms with Gasteiger partial charge >= 0.3 is 0 Å². The first-order valence-electron chi connectivity index (χ1n) is 6.56. The maximum absolute atomic E-state index is 5.64. The van der Waals surface area contributed by atoms with Crippen molar-refractivity contribution in [1.82, 2.24) is 5.32 Å². The van der Waals surface area contributed by atoms with Gasteiger partial charge in [-0.25, -0.2) is 0 Å². The number of ether oxygens (including phenoxy) is 1. The molecule has 0 saturated carbocycles. The van der Waals surface area contributed by atoms with Gasteiger partial charge in [-0.15, -0.1) is 0 Å². The monoisotopic (exact) mass is 265 g/mol. The van der Waals surface area contributed by atoms with Gasteiger partial charge < -0.3 is 10.1 Å². The minimum Gasteiger partial charge on any atom is -0.468 e. The second-order valence-electron chi connectivity index (χ2n) is 5.03. The number of hydrogen-bond donors (Lipinski definition) is 1. The SMILES string of the molecule is CC(C)CCC(C)OC(=S)NCc1ccccc1. The first-order valence-corrected chi connectivity index (χ1v) is 6.97. The van der Waals surface area contributed by atoms with Crippen molar-refractivity contribution in [2.75, 3.05) is 0 Å². The lowest BCUT2D eigenvalue weighted by atomic mass is 10.1. The molecule has 0 aliphatic carbocycles. The summed E-state index contributed by atoms with van der Waals surface area (Å²) in [5.41, 5.74) is 1.21. The largest absolute Gasteiger partial charge is 0.468 e. The Balaban J connectivity index is 2.21. The zero-order valence-electron chi connectivity index (χ0n) is 11.5. The molecule has 1 rings (SSSR count). The van der Waals surface area contributed by atoms with Crippen LogP contribution in [-0.2, 0) is 11.3 Å². The predicted octanol–water partition coefficient (Wildman–Crippen LogP) is 3.90. The van der Waals surface area contributed by atoms with Gasteiger partial charge in [0.2, 0.25) is 0 Å². The summed E-state index contributed by atoms with van der Waals surface area (Å²) >= 11 is 5.18. The van der Waals surface area contributed by atoms with Crippen molar-refractivity contribution in [2.45, 2.75) is 46.3 Å². The van der Waals surface area contributed by atoms with E-state index >= 15 is 0 Å². The summed E-state index contributed by atoms with van der Waals surface area (Å²) in [4.78, 5) is 0. The Kier molecular flexibility index (Phi) is 6.73. The van der Waals surface area contributed by atoms with Gasteiger partial charge in [0.15, 0.2) is 0 Å². The second kappa shape index (κ2) is 8.09. The number of thiocarbonyl (C=S) groups is 1. The molecule has 1 N–H and O–H groups in total. The summed E-state index contributed by atoms with van der Waals surface area (Å²) in [7, 11) is 0. The average Bonchev–Trinajstić information content (AvgIpc) is 2.35. The van der Waals surface area contributed by atoms with Crippen LogP contribution in [-0.4, -0.2) is 11.3 Å². The van der Waals surface area contributed by atoms with E-state index in [1.807, 2.05) is 18.2 Å². The predicted molar refractivity (Wildman–Crippen MR) is 80.5 cm³/mol. The number of rotatable bonds is 6. The van der Waals surface area contributed by atoms with Crippen LogP contribution >= 0.6 is 12.2 Å². The van der Waals surface area contributed by atoms with E-state index in [0.29, 0.717) is 11.1 Å². The van der Waals surface area contributed by atoms with Crippen LogP contribution in [0.4, 0.5) is 0 Å². The van der Waals surface area contributed by atoms with Crippen molar-refractivity contribution >= 4 is 17.4 Å². The second-order valence-corrected chi connectivity index (χ2v) is 5.40. The van der Waals surface area contributed by atoms with E-state index in [0.717, 1.165) is 13.0 Å². The molecule has 0 aliphatic heterocycles. The third-order valence-electron chi connectivity index (χ3n) is 2.74. The van der Waals surface area contributed by atoms with Crippen molar-refractivity contribution in [1.29, 1.82) is 0 Å². The van der Waals surface area contributed by atoms with Crippen molar-refractivity contribution in [2.24, 2.45) is 5.92 Å². The summed E-state index contributed by atoms with van der Waals surface area (Å²) < 4.78 is 5.64. The molecule has 1 aromatic rings. The lowest BCUT2D eigenvalue weighted by Gasteiger charge is -2.17. The fourth-order valence-corrected chi connectivity index (χ4v) is 1.86. The molecule has 3 heteroatoms. The van der Waals surface area contributed by atoms with Gasteiger partial charge in [-0.2, -0.15) is 0 Å². The van der Waals surface area contributed by atoms with Crippen LogP contribution in [0.2, 0.25) is 0 Å². The quantitative estimate of drug-likeness (QED) is 0.788. The van der Waals surface area contributed by atoms with Crippen LogP contribution in [0.25, 0.3) is 0 Å². The van der Waals surface area contributed by atoms with Gasteiger partial charge in [-0.05, 0) is 43.5 Å². The normalized spacial score (nSPS) is 12.2. The van der Waals surface area contributed by atoms with Crippen molar-refractivity contribution in [3.8, 4) is 0 Å². The van der Waals surface area contributed by atoms with Gasteiger partial charge in [0.1, 0.15) is 0 Å². The first-order chi connectivity index (χ1) is 8.58. The van der Waals surface area contributed by atoms with Crippen molar-refractivity contribution < 1.29 is 4.74 Å². The number of hydrogen-bond acceptors (Lipinski definition) is 2. The molecule has 0 amide bonds. The van der Waals surface area contributed by atoms with Crippen LogP contribution in [0, 0.1) is 5.92 Å². The summed E-state index contributed by atoms with van der Waals surface area (Å²) in [5, 5.41) is 3.62. The van der Waals surface area contributed by atoms with Crippen LogP contribution < -0.4 is 5.32 Å². The Morgan fingerprint density at radius 3 is 2.44 bits per heavy atom. The van der Waals surface area contributed by atoms with E-state index in [1.54, 1.807) is 0 Å². The zero-order valence-corrected chi connectivity index (χ0v) is 12.3. The average molecular weight is 265 g/mol. The summed E-state index contributed by atoms with van der Waals surface area (Å²) in [5.74, 6) is 0.710. The molecule has 0 aliphatic rings. The summed E-state index contributed by atoms with van der Waals surface area (Å²) in [6, 6.07) is 10.2. The number of nitrogens with one attached hydrogen (secondary N) is 1. The molecular formula is C15H23NOS. The Labute approximate surface area is 116 Å². The van der Waals surface area contributed by atoms with Crippen LogP contribution in [0.3, 0.4) is 0 Å². The van der Waals surface area contributed by atoms with Gasteiger partial charge in [0.25, 0.3) is 5.17 Å². The van der Waals surface area contributed by atoms with Gasteiger partial charge in [0, 0.05) is 6.54 Å². The van der Waals surface area contributed by atoms with E-state index in [2.05, 4.69) is 38.2 Å². The third-order valence-corrected chi connectivity index (χ3v) is 2.98. The standard InChI is InChI=1S/C15H23NOS/c1-12(2)9-10-13(3)17-15(18)16-11-14-7-5-4-6-8-14/h4-8,12-13H,9-11H2,1-3H3,(H,16,18). The summed E-state index contributed by atoms with van der Waals surface area (Å²) in [6.45, 7) is 7.23. The summed E-state index contributed by atoms with van der Waals surface area (Å²) in [6.07, 6.45) is 2.40. The molecular weight excluding hydrogens is 242 g/mol. The first kappa shape index (κ1) is 15.0. The molecule has 100 valence electrons. The van der Waals surface area contributed by atoms with Crippen LogP contribution in [0.5, 0.6) is 0 Å². The molecule has 1 atom stereocenters. The maximum Gasteiger partial charge on any atom is 0.257 e. The van der Waals surface area contributed by atoms with E-state index in [4.69, 9.17) is 17.0 Å². The minimum absolute atomic E-state index is 0.183. The van der Waals surface area contributed by atoms with Crippen molar-refractivity contribution in [3.05, 3.63) is 35.9 Å². The highest BCUT2D eigenvalue weighted by Crippen LogP contribution is 2.09. The molecule has 18 heavy (non-hydrogen) atoms. The van der Waals surface area contributed by atoms with Gasteiger partial charge in [-0.3, -0.25) is 0 Å². The minimum atomic E-state index is 0.183. The molecule has 0 radical (unpaired) electrons. The van der Waals surface area contributed by atoms with Gasteiger partial charge in [0.05, 0.1) is 6.10 Å². The molecule has 1 unspecified atom stereocenters. The third kappa shape index (κ3) is 6.60. The van der Waals surface area contributed by atoms with E-state index < -0.39 is 0 Å². The Hall–Kier alpha value is -1.09. The lowest BCUT2D eigenvalue weighted by Crippen LogP contribution is -2.27. The Morgan fingerprint density at radius 1 is 1.17 bits per heavy atom. The van der Waals surface area contributed by atoms with Crippen LogP contribution in [0.15, 0.2) is 30.3 Å². The molecule has 0 bridgehead atoms. The maximum atomic E-state index is 5.64. The van der Waals surface area contributed by atoms with E-state index in [-0.39, 0.29) is 6.10 Å². The fourth-order valence-electron chi connectivity index (χ4n) is 1.62. The van der Waals surface area contributed by atoms with Crippen molar-refractivity contribution in [3.63, 3.8) is 0 Å². The van der Waals surface area contributed by atoms with Gasteiger partial charge in [-0.1, -0.05) is 44.2 Å². The molecule has 0 saturated heterocycles. The smallest absolute Gasteiger partial charge is 0.257 e. The molecule has 0 fully saturated rings. The fraction of sp³-hybridized carbons (Fsp3) is 0.533. The molecule has 0 heterocycles. The Bertz CT molecular complexity index is 351.